The van der Waals surface area contributed by atoms with Crippen molar-refractivity contribution in [2.45, 2.75) is 0 Å². The van der Waals surface area contributed by atoms with Gasteiger partial charge in [-0.2, -0.15) is 0 Å². The predicted octanol–water partition coefficient (Wildman–Crippen LogP) is 1.98. The number of para-hydroxylation sites is 1. The van der Waals surface area contributed by atoms with Gasteiger partial charge in [-0.05, 0) is 18.2 Å². The molecule has 0 aliphatic rings. The molecule has 2 N–H and O–H groups in total. The van der Waals surface area contributed by atoms with Crippen molar-refractivity contribution in [1.29, 1.82) is 0 Å². The van der Waals surface area contributed by atoms with Gasteiger partial charge in [-0.3, -0.25) is 9.59 Å². The lowest BCUT2D eigenvalue weighted by Crippen LogP contribution is -2.37. The molecular formula is C19H17N3O4S. The molecule has 3 rings (SSSR count). The third-order valence-electron chi connectivity index (χ3n) is 3.73. The minimum absolute atomic E-state index is 0.171. The van der Waals surface area contributed by atoms with Crippen LogP contribution in [-0.4, -0.2) is 43.0 Å². The maximum atomic E-state index is 12.4. The quantitative estimate of drug-likeness (QED) is 0.635. The molecule has 3 aromatic rings. The monoisotopic (exact) mass is 383 g/mol. The lowest BCUT2D eigenvalue weighted by molar-refractivity contribution is -0.127. The summed E-state index contributed by atoms with van der Waals surface area (Å²) in [4.78, 5) is 39.8. The molecule has 8 heteroatoms. The topological polar surface area (TPSA) is 97.4 Å². The summed E-state index contributed by atoms with van der Waals surface area (Å²) < 4.78 is 6.10. The smallest absolute Gasteiger partial charge is 0.339 e. The van der Waals surface area contributed by atoms with Gasteiger partial charge in [0, 0.05) is 12.6 Å². The zero-order valence-electron chi connectivity index (χ0n) is 14.5. The third-order valence-corrected chi connectivity index (χ3v) is 4.80. The van der Waals surface area contributed by atoms with Gasteiger partial charge in [0.25, 0.3) is 5.91 Å². The van der Waals surface area contributed by atoms with Gasteiger partial charge >= 0.3 is 5.97 Å². The Hall–Kier alpha value is -3.26. The third kappa shape index (κ3) is 4.48. The Morgan fingerprint density at radius 2 is 1.78 bits per heavy atom. The molecule has 0 unspecified atom stereocenters. The Morgan fingerprint density at radius 1 is 1.04 bits per heavy atom. The van der Waals surface area contributed by atoms with E-state index in [0.717, 1.165) is 10.2 Å². The second-order valence-electron chi connectivity index (χ2n) is 5.56. The van der Waals surface area contributed by atoms with E-state index in [0.29, 0.717) is 16.1 Å². The first-order valence-corrected chi connectivity index (χ1v) is 8.99. The number of nitrogens with one attached hydrogen (secondary N) is 2. The van der Waals surface area contributed by atoms with Crippen LogP contribution in [0.15, 0.2) is 48.5 Å². The molecule has 0 spiro atoms. The Kier molecular flexibility index (Phi) is 5.77. The van der Waals surface area contributed by atoms with Crippen LogP contribution in [-0.2, 0) is 14.3 Å². The predicted molar refractivity (Wildman–Crippen MR) is 102 cm³/mol. The van der Waals surface area contributed by atoms with Crippen molar-refractivity contribution in [3.63, 3.8) is 0 Å². The number of thiazole rings is 1. The summed E-state index contributed by atoms with van der Waals surface area (Å²) in [5, 5.41) is 5.45. The van der Waals surface area contributed by atoms with Gasteiger partial charge in [-0.15, -0.1) is 11.3 Å². The summed E-state index contributed by atoms with van der Waals surface area (Å²) in [5.41, 5.74) is 1.83. The van der Waals surface area contributed by atoms with Gasteiger partial charge in [0.05, 0.1) is 22.3 Å². The maximum Gasteiger partial charge on any atom is 0.339 e. The van der Waals surface area contributed by atoms with Crippen molar-refractivity contribution in [2.75, 3.05) is 20.2 Å². The summed E-state index contributed by atoms with van der Waals surface area (Å²) >= 11 is 1.48. The van der Waals surface area contributed by atoms with Gasteiger partial charge < -0.3 is 15.4 Å². The lowest BCUT2D eigenvalue weighted by atomic mass is 10.1. The Labute approximate surface area is 159 Å². The Balaban J connectivity index is 1.72. The number of amides is 2. The molecule has 0 saturated heterocycles. The lowest BCUT2D eigenvalue weighted by Gasteiger charge is -2.08. The van der Waals surface area contributed by atoms with Crippen LogP contribution < -0.4 is 10.6 Å². The molecule has 0 radical (unpaired) electrons. The van der Waals surface area contributed by atoms with E-state index in [1.165, 1.54) is 18.4 Å². The van der Waals surface area contributed by atoms with E-state index in [2.05, 4.69) is 15.6 Å². The average molecular weight is 383 g/mol. The second-order valence-corrected chi connectivity index (χ2v) is 6.59. The first kappa shape index (κ1) is 18.5. The number of hydrogen-bond acceptors (Lipinski definition) is 6. The fraction of sp³-hybridized carbons (Fsp3) is 0.158. The van der Waals surface area contributed by atoms with Gasteiger partial charge in [-0.1, -0.05) is 30.3 Å². The highest BCUT2D eigenvalue weighted by molar-refractivity contribution is 7.21. The molecule has 138 valence electrons. The highest BCUT2D eigenvalue weighted by Crippen LogP contribution is 2.32. The van der Waals surface area contributed by atoms with E-state index < -0.39 is 18.5 Å². The van der Waals surface area contributed by atoms with Crippen LogP contribution in [0.1, 0.15) is 10.4 Å². The van der Waals surface area contributed by atoms with E-state index in [9.17, 15) is 14.4 Å². The van der Waals surface area contributed by atoms with Gasteiger partial charge in [0.1, 0.15) is 5.01 Å². The van der Waals surface area contributed by atoms with E-state index in [4.69, 9.17) is 4.74 Å². The molecule has 7 nitrogen and oxygen atoms in total. The molecule has 2 amide bonds. The van der Waals surface area contributed by atoms with E-state index in [-0.39, 0.29) is 12.5 Å². The van der Waals surface area contributed by atoms with E-state index in [1.807, 2.05) is 30.3 Å². The normalized spacial score (nSPS) is 10.4. The SMILES string of the molecule is CNC(=O)CNC(=O)COC(=O)c1ccccc1-c1nc2ccccc2s1. The maximum absolute atomic E-state index is 12.4. The molecule has 0 atom stereocenters. The van der Waals surface area contributed by atoms with Crippen molar-refractivity contribution in [3.05, 3.63) is 54.1 Å². The molecule has 0 aliphatic heterocycles. The fourth-order valence-corrected chi connectivity index (χ4v) is 3.37. The van der Waals surface area contributed by atoms with E-state index >= 15 is 0 Å². The molecule has 0 saturated carbocycles. The summed E-state index contributed by atoms with van der Waals surface area (Å²) in [7, 11) is 1.47. The molecule has 1 heterocycles. The number of ether oxygens (including phenoxy) is 1. The summed E-state index contributed by atoms with van der Waals surface area (Å²) in [6.45, 7) is -0.640. The summed E-state index contributed by atoms with van der Waals surface area (Å²) in [6, 6.07) is 14.7. The van der Waals surface area contributed by atoms with Crippen LogP contribution in [0.5, 0.6) is 0 Å². The van der Waals surface area contributed by atoms with Crippen LogP contribution in [0.2, 0.25) is 0 Å². The summed E-state index contributed by atoms with van der Waals surface area (Å²) in [6.07, 6.45) is 0. The van der Waals surface area contributed by atoms with Gasteiger partial charge in [-0.25, -0.2) is 9.78 Å². The number of esters is 1. The minimum Gasteiger partial charge on any atom is -0.452 e. The number of likely N-dealkylation sites (N-methyl/N-ethyl adjacent to an activating group) is 1. The number of rotatable bonds is 6. The van der Waals surface area contributed by atoms with Gasteiger partial charge in [0.15, 0.2) is 6.61 Å². The highest BCUT2D eigenvalue weighted by Gasteiger charge is 2.18. The number of nitrogens with zero attached hydrogens (tertiary/aromatic N) is 1. The number of aromatic nitrogens is 1. The second kappa shape index (κ2) is 8.41. The number of carbonyl (C=O) groups excluding carboxylic acids is 3. The minimum atomic E-state index is -0.625. The molecule has 2 aromatic carbocycles. The van der Waals surface area contributed by atoms with E-state index in [1.54, 1.807) is 18.2 Å². The summed E-state index contributed by atoms with van der Waals surface area (Å²) in [5.74, 6) is -1.51. The molecule has 0 aliphatic carbocycles. The first-order chi connectivity index (χ1) is 13.1. The van der Waals surface area contributed by atoms with Crippen molar-refractivity contribution < 1.29 is 19.1 Å². The highest BCUT2D eigenvalue weighted by atomic mass is 32.1. The van der Waals surface area contributed by atoms with Crippen molar-refractivity contribution in [3.8, 4) is 10.6 Å². The molecular weight excluding hydrogens is 366 g/mol. The average Bonchev–Trinajstić information content (AvgIpc) is 3.14. The standard InChI is InChI=1S/C19H17N3O4S/c1-20-16(23)10-21-17(24)11-26-19(25)13-7-3-2-6-12(13)18-22-14-8-4-5-9-15(14)27-18/h2-9H,10-11H2,1H3,(H,20,23)(H,21,24). The van der Waals surface area contributed by atoms with Crippen molar-refractivity contribution in [1.82, 2.24) is 15.6 Å². The van der Waals surface area contributed by atoms with Crippen LogP contribution in [0, 0.1) is 0 Å². The zero-order chi connectivity index (χ0) is 19.2. The number of benzene rings is 2. The van der Waals surface area contributed by atoms with Crippen LogP contribution in [0.3, 0.4) is 0 Å². The van der Waals surface area contributed by atoms with Crippen LogP contribution in [0.4, 0.5) is 0 Å². The molecule has 0 bridgehead atoms. The molecule has 1 aromatic heterocycles. The largest absolute Gasteiger partial charge is 0.452 e. The fourth-order valence-electron chi connectivity index (χ4n) is 2.36. The van der Waals surface area contributed by atoms with Gasteiger partial charge in [0.2, 0.25) is 5.91 Å². The molecule has 27 heavy (non-hydrogen) atoms. The zero-order valence-corrected chi connectivity index (χ0v) is 15.3. The number of fused-ring (bicyclic) bond motifs is 1. The van der Waals surface area contributed by atoms with Crippen LogP contribution >= 0.6 is 11.3 Å². The van der Waals surface area contributed by atoms with Crippen LogP contribution in [0.25, 0.3) is 20.8 Å². The first-order valence-electron chi connectivity index (χ1n) is 8.18. The van der Waals surface area contributed by atoms with Crippen molar-refractivity contribution in [2.24, 2.45) is 0 Å². The van der Waals surface area contributed by atoms with Crippen molar-refractivity contribution >= 4 is 39.3 Å². The number of hydrogen-bond donors (Lipinski definition) is 2. The molecule has 0 fully saturated rings. The number of carbonyl (C=O) groups is 3. The Morgan fingerprint density at radius 3 is 2.56 bits per heavy atom. The Bertz CT molecular complexity index is 966.